The topological polar surface area (TPSA) is 46.1 Å². The van der Waals surface area contributed by atoms with Crippen LogP contribution in [0, 0.1) is 0 Å². The quantitative estimate of drug-likeness (QED) is 0.428. The van der Waals surface area contributed by atoms with E-state index in [1.54, 1.807) is 34.7 Å². The third-order valence-electron chi connectivity index (χ3n) is 4.10. The Morgan fingerprint density at radius 3 is 2.75 bits per heavy atom. The Labute approximate surface area is 150 Å². The number of thioether (sulfide) groups is 1. The summed E-state index contributed by atoms with van der Waals surface area (Å²) >= 11 is 3.30. The Bertz CT molecular complexity index is 759. The maximum Gasteiger partial charge on any atom is 0.233 e. The van der Waals surface area contributed by atoms with E-state index in [2.05, 4.69) is 23.1 Å². The highest BCUT2D eigenvalue weighted by molar-refractivity contribution is 8.00. The van der Waals surface area contributed by atoms with Crippen molar-refractivity contribution in [1.82, 2.24) is 14.9 Å². The highest BCUT2D eigenvalue weighted by Crippen LogP contribution is 2.39. The lowest BCUT2D eigenvalue weighted by Gasteiger charge is -2.19. The average Bonchev–Trinajstić information content (AvgIpc) is 2.98. The predicted octanol–water partition coefficient (Wildman–Crippen LogP) is 3.86. The summed E-state index contributed by atoms with van der Waals surface area (Å²) in [7, 11) is 0. The number of hydrogen-bond donors (Lipinski definition) is 0. The third kappa shape index (κ3) is 3.54. The zero-order valence-electron chi connectivity index (χ0n) is 13.7. The molecule has 0 atom stereocenters. The molecule has 0 bridgehead atoms. The Balaban J connectivity index is 1.80. The van der Waals surface area contributed by atoms with Crippen LogP contribution < -0.4 is 0 Å². The SMILES string of the molecule is C=CCN(CC=C)C(=O)CSc1ncnc2sc3c(c12)CCCC3. The number of nitrogens with zero attached hydrogens (tertiary/aromatic N) is 3. The molecule has 6 heteroatoms. The fraction of sp³-hybridized carbons (Fsp3) is 0.389. The van der Waals surface area contributed by atoms with Crippen LogP contribution >= 0.6 is 23.1 Å². The van der Waals surface area contributed by atoms with E-state index in [0.29, 0.717) is 18.8 Å². The van der Waals surface area contributed by atoms with Crippen molar-refractivity contribution in [2.45, 2.75) is 30.7 Å². The maximum atomic E-state index is 12.4. The molecule has 0 radical (unpaired) electrons. The van der Waals surface area contributed by atoms with Gasteiger partial charge in [-0.2, -0.15) is 0 Å². The minimum Gasteiger partial charge on any atom is -0.335 e. The largest absolute Gasteiger partial charge is 0.335 e. The zero-order valence-corrected chi connectivity index (χ0v) is 15.3. The molecule has 2 heterocycles. The zero-order chi connectivity index (χ0) is 16.9. The van der Waals surface area contributed by atoms with E-state index in [0.717, 1.165) is 22.7 Å². The molecule has 1 amide bonds. The van der Waals surface area contributed by atoms with Gasteiger partial charge in [0.1, 0.15) is 16.2 Å². The molecule has 1 aliphatic carbocycles. The Hall–Kier alpha value is -1.66. The maximum absolute atomic E-state index is 12.4. The van der Waals surface area contributed by atoms with Crippen molar-refractivity contribution in [2.75, 3.05) is 18.8 Å². The first kappa shape index (κ1) is 17.2. The molecule has 0 N–H and O–H groups in total. The first-order chi connectivity index (χ1) is 11.7. The monoisotopic (exact) mass is 359 g/mol. The fourth-order valence-corrected chi connectivity index (χ4v) is 5.20. The van der Waals surface area contributed by atoms with Gasteiger partial charge in [0.05, 0.1) is 5.75 Å². The highest BCUT2D eigenvalue weighted by Gasteiger charge is 2.21. The molecule has 3 rings (SSSR count). The Kier molecular flexibility index (Phi) is 5.68. The lowest BCUT2D eigenvalue weighted by molar-refractivity contribution is -0.127. The van der Waals surface area contributed by atoms with Gasteiger partial charge in [-0.05, 0) is 31.2 Å². The number of aromatic nitrogens is 2. The lowest BCUT2D eigenvalue weighted by Crippen LogP contribution is -2.32. The summed E-state index contributed by atoms with van der Waals surface area (Å²) in [5, 5.41) is 2.11. The normalized spacial score (nSPS) is 13.5. The molecule has 0 saturated heterocycles. The molecule has 2 aromatic rings. The summed E-state index contributed by atoms with van der Waals surface area (Å²) in [5.74, 6) is 0.453. The van der Waals surface area contributed by atoms with E-state index in [-0.39, 0.29) is 5.91 Å². The van der Waals surface area contributed by atoms with Crippen LogP contribution in [-0.2, 0) is 17.6 Å². The molecule has 1 aliphatic rings. The van der Waals surface area contributed by atoms with Crippen LogP contribution in [0.2, 0.25) is 0 Å². The standard InChI is InChI=1S/C18H21N3OS2/c1-3-9-21(10-4-2)15(22)11-23-17-16-13-7-5-6-8-14(13)24-18(16)20-12-19-17/h3-4,12H,1-2,5-11H2. The number of aryl methyl sites for hydroxylation is 2. The number of rotatable bonds is 7. The smallest absolute Gasteiger partial charge is 0.233 e. The summed E-state index contributed by atoms with van der Waals surface area (Å²) in [4.78, 5) is 25.6. The molecule has 126 valence electrons. The Morgan fingerprint density at radius 2 is 2.00 bits per heavy atom. The molecule has 4 nitrogen and oxygen atoms in total. The lowest BCUT2D eigenvalue weighted by atomic mass is 9.97. The second kappa shape index (κ2) is 7.94. The van der Waals surface area contributed by atoms with Gasteiger partial charge in [0.2, 0.25) is 5.91 Å². The van der Waals surface area contributed by atoms with Gasteiger partial charge in [-0.25, -0.2) is 9.97 Å². The van der Waals surface area contributed by atoms with Crippen molar-refractivity contribution in [1.29, 1.82) is 0 Å². The van der Waals surface area contributed by atoms with E-state index in [4.69, 9.17) is 0 Å². The molecule has 0 fully saturated rings. The van der Waals surface area contributed by atoms with Crippen molar-refractivity contribution in [3.63, 3.8) is 0 Å². The Morgan fingerprint density at radius 1 is 1.25 bits per heavy atom. The number of carbonyl (C=O) groups is 1. The van der Waals surface area contributed by atoms with E-state index in [1.807, 2.05) is 0 Å². The second-order valence-corrected chi connectivity index (χ2v) is 7.78. The van der Waals surface area contributed by atoms with Crippen molar-refractivity contribution < 1.29 is 4.79 Å². The molecule has 0 spiro atoms. The van der Waals surface area contributed by atoms with E-state index in [9.17, 15) is 4.79 Å². The van der Waals surface area contributed by atoms with E-state index in [1.165, 1.54) is 40.4 Å². The number of thiophene rings is 1. The van der Waals surface area contributed by atoms with Crippen LogP contribution in [-0.4, -0.2) is 39.6 Å². The fourth-order valence-electron chi connectivity index (χ4n) is 2.98. The van der Waals surface area contributed by atoms with Crippen LogP contribution in [0.25, 0.3) is 10.2 Å². The first-order valence-electron chi connectivity index (χ1n) is 8.12. The highest BCUT2D eigenvalue weighted by atomic mass is 32.2. The number of carbonyl (C=O) groups excluding carboxylic acids is 1. The average molecular weight is 360 g/mol. The molecular formula is C18H21N3OS2. The van der Waals surface area contributed by atoms with Gasteiger partial charge in [0, 0.05) is 23.4 Å². The van der Waals surface area contributed by atoms with Gasteiger partial charge in [-0.3, -0.25) is 4.79 Å². The number of fused-ring (bicyclic) bond motifs is 3. The van der Waals surface area contributed by atoms with Crippen molar-refractivity contribution in [2.24, 2.45) is 0 Å². The summed E-state index contributed by atoms with van der Waals surface area (Å²) in [5.41, 5.74) is 1.41. The van der Waals surface area contributed by atoms with Crippen LogP contribution in [0.5, 0.6) is 0 Å². The third-order valence-corrected chi connectivity index (χ3v) is 6.27. The number of amides is 1. The van der Waals surface area contributed by atoms with Gasteiger partial charge in [-0.1, -0.05) is 23.9 Å². The number of hydrogen-bond acceptors (Lipinski definition) is 5. The van der Waals surface area contributed by atoms with Gasteiger partial charge < -0.3 is 4.90 Å². The van der Waals surface area contributed by atoms with Gasteiger partial charge in [0.25, 0.3) is 0 Å². The molecule has 0 aromatic carbocycles. The summed E-state index contributed by atoms with van der Waals surface area (Å²) in [6.45, 7) is 8.50. The van der Waals surface area contributed by atoms with Crippen LogP contribution in [0.1, 0.15) is 23.3 Å². The van der Waals surface area contributed by atoms with Crippen molar-refractivity contribution in [3.8, 4) is 0 Å². The van der Waals surface area contributed by atoms with Crippen molar-refractivity contribution in [3.05, 3.63) is 42.1 Å². The first-order valence-corrected chi connectivity index (χ1v) is 9.92. The molecule has 0 saturated carbocycles. The molecule has 0 aliphatic heterocycles. The van der Waals surface area contributed by atoms with E-state index < -0.39 is 0 Å². The second-order valence-electron chi connectivity index (χ2n) is 5.73. The van der Waals surface area contributed by atoms with Gasteiger partial charge in [-0.15, -0.1) is 24.5 Å². The van der Waals surface area contributed by atoms with Crippen LogP contribution in [0.4, 0.5) is 0 Å². The van der Waals surface area contributed by atoms with Crippen LogP contribution in [0.3, 0.4) is 0 Å². The van der Waals surface area contributed by atoms with Crippen molar-refractivity contribution >= 4 is 39.2 Å². The summed E-state index contributed by atoms with van der Waals surface area (Å²) in [6.07, 6.45) is 9.82. The molecule has 0 unspecified atom stereocenters. The molecule has 2 aromatic heterocycles. The minimum atomic E-state index is 0.0793. The molecule has 24 heavy (non-hydrogen) atoms. The summed E-state index contributed by atoms with van der Waals surface area (Å²) < 4.78 is 0. The van der Waals surface area contributed by atoms with Gasteiger partial charge in [0.15, 0.2) is 0 Å². The minimum absolute atomic E-state index is 0.0793. The summed E-state index contributed by atoms with van der Waals surface area (Å²) in [6, 6.07) is 0. The predicted molar refractivity (Wildman–Crippen MR) is 102 cm³/mol. The van der Waals surface area contributed by atoms with Crippen LogP contribution in [0.15, 0.2) is 36.7 Å². The van der Waals surface area contributed by atoms with Gasteiger partial charge >= 0.3 is 0 Å². The molecular weight excluding hydrogens is 338 g/mol. The van der Waals surface area contributed by atoms with E-state index >= 15 is 0 Å².